The summed E-state index contributed by atoms with van der Waals surface area (Å²) in [4.78, 5) is 23.8. The van der Waals surface area contributed by atoms with Crippen LogP contribution in [0.1, 0.15) is 17.4 Å². The van der Waals surface area contributed by atoms with Crippen LogP contribution in [0.3, 0.4) is 0 Å². The molecule has 1 aliphatic heterocycles. The summed E-state index contributed by atoms with van der Waals surface area (Å²) < 4.78 is 10.4. The molecule has 0 aliphatic carbocycles. The van der Waals surface area contributed by atoms with Crippen LogP contribution in [0.2, 0.25) is 0 Å². The molecular formula is C19H22N3O5+. The molecule has 0 spiro atoms. The lowest BCUT2D eigenvalue weighted by atomic mass is 10.1. The molecule has 1 fully saturated rings. The third-order valence-corrected chi connectivity index (χ3v) is 4.40. The van der Waals surface area contributed by atoms with Gasteiger partial charge in [-0.2, -0.15) is 0 Å². The van der Waals surface area contributed by atoms with Gasteiger partial charge in [0.2, 0.25) is 5.91 Å². The molecule has 3 rings (SSSR count). The summed E-state index contributed by atoms with van der Waals surface area (Å²) in [5.41, 5.74) is 1.03. The molecule has 2 aromatic rings. The number of nitrogens with one attached hydrogen (secondary N) is 2. The highest BCUT2D eigenvalue weighted by molar-refractivity contribution is 5.91. The second-order valence-corrected chi connectivity index (χ2v) is 6.30. The molecule has 1 aliphatic rings. The summed E-state index contributed by atoms with van der Waals surface area (Å²) in [7, 11) is 0. The van der Waals surface area contributed by atoms with E-state index in [9.17, 15) is 14.9 Å². The number of amides is 1. The van der Waals surface area contributed by atoms with Crippen molar-refractivity contribution in [3.63, 3.8) is 0 Å². The molecule has 1 atom stereocenters. The summed E-state index contributed by atoms with van der Waals surface area (Å²) >= 11 is 0. The molecule has 0 unspecified atom stereocenters. The smallest absolute Gasteiger partial charge is 0.401 e. The van der Waals surface area contributed by atoms with E-state index in [1.807, 2.05) is 30.3 Å². The lowest BCUT2D eigenvalue weighted by Gasteiger charge is -2.28. The number of hydrogen-bond acceptors (Lipinski definition) is 5. The van der Waals surface area contributed by atoms with Gasteiger partial charge in [0.1, 0.15) is 36.4 Å². The highest BCUT2D eigenvalue weighted by atomic mass is 16.6. The first-order valence-corrected chi connectivity index (χ1v) is 8.81. The zero-order chi connectivity index (χ0) is 19.1. The normalized spacial score (nSPS) is 16.3. The number of benzene rings is 1. The third kappa shape index (κ3) is 5.50. The van der Waals surface area contributed by atoms with Gasteiger partial charge in [0, 0.05) is 6.08 Å². The summed E-state index contributed by atoms with van der Waals surface area (Å²) in [6.45, 7) is 4.03. The van der Waals surface area contributed by atoms with E-state index >= 15 is 0 Å². The lowest BCUT2D eigenvalue weighted by molar-refractivity contribution is -0.909. The number of nitrogens with zero attached hydrogens (tertiary/aromatic N) is 1. The van der Waals surface area contributed by atoms with Gasteiger partial charge >= 0.3 is 5.88 Å². The van der Waals surface area contributed by atoms with Crippen LogP contribution in [0.15, 0.2) is 53.0 Å². The molecular weight excluding hydrogens is 350 g/mol. The highest BCUT2D eigenvalue weighted by Crippen LogP contribution is 2.17. The van der Waals surface area contributed by atoms with E-state index in [4.69, 9.17) is 9.15 Å². The van der Waals surface area contributed by atoms with Gasteiger partial charge in [-0.1, -0.05) is 30.3 Å². The van der Waals surface area contributed by atoms with Crippen LogP contribution >= 0.6 is 0 Å². The third-order valence-electron chi connectivity index (χ3n) is 4.40. The Hall–Kier alpha value is -2.97. The molecule has 2 heterocycles. The van der Waals surface area contributed by atoms with Gasteiger partial charge in [-0.3, -0.25) is 14.9 Å². The van der Waals surface area contributed by atoms with Gasteiger partial charge in [-0.25, -0.2) is 0 Å². The van der Waals surface area contributed by atoms with E-state index in [0.717, 1.165) is 38.4 Å². The molecule has 142 valence electrons. The van der Waals surface area contributed by atoms with E-state index in [2.05, 4.69) is 5.32 Å². The zero-order valence-corrected chi connectivity index (χ0v) is 14.8. The van der Waals surface area contributed by atoms with Crippen LogP contribution in [0.4, 0.5) is 5.88 Å². The highest BCUT2D eigenvalue weighted by Gasteiger charge is 2.22. The number of carbonyl (C=O) groups is 1. The fourth-order valence-electron chi connectivity index (χ4n) is 3.00. The van der Waals surface area contributed by atoms with Crippen molar-refractivity contribution in [1.82, 2.24) is 5.32 Å². The average molecular weight is 372 g/mol. The van der Waals surface area contributed by atoms with E-state index in [0.29, 0.717) is 0 Å². The predicted octanol–water partition coefficient (Wildman–Crippen LogP) is 0.974. The average Bonchev–Trinajstić information content (AvgIpc) is 3.17. The quantitative estimate of drug-likeness (QED) is 0.429. The first-order valence-electron chi connectivity index (χ1n) is 8.81. The molecule has 1 aromatic heterocycles. The Morgan fingerprint density at radius 2 is 1.96 bits per heavy atom. The van der Waals surface area contributed by atoms with E-state index in [1.54, 1.807) is 0 Å². The summed E-state index contributed by atoms with van der Waals surface area (Å²) in [6.07, 6.45) is 2.75. The Balaban J connectivity index is 1.65. The number of ether oxygens (including phenoxy) is 1. The molecule has 2 N–H and O–H groups in total. The topological polar surface area (TPSA) is 99.0 Å². The van der Waals surface area contributed by atoms with Crippen LogP contribution in [0.5, 0.6) is 0 Å². The van der Waals surface area contributed by atoms with E-state index in [-0.39, 0.29) is 23.6 Å². The molecule has 0 saturated carbocycles. The molecule has 8 heteroatoms. The number of nitro groups is 1. The number of carbonyl (C=O) groups excluding carboxylic acids is 1. The number of morpholine rings is 1. The minimum Gasteiger partial charge on any atom is -0.401 e. The monoisotopic (exact) mass is 372 g/mol. The van der Waals surface area contributed by atoms with Gasteiger partial charge < -0.3 is 19.4 Å². The van der Waals surface area contributed by atoms with Gasteiger partial charge in [0.25, 0.3) is 0 Å². The maximum Gasteiger partial charge on any atom is 0.433 e. The largest absolute Gasteiger partial charge is 0.433 e. The first-order chi connectivity index (χ1) is 13.1. The summed E-state index contributed by atoms with van der Waals surface area (Å²) in [6, 6.07) is 12.4. The van der Waals surface area contributed by atoms with Gasteiger partial charge in [0.05, 0.1) is 19.3 Å². The number of hydrogen-bond donors (Lipinski definition) is 2. The molecule has 1 aromatic carbocycles. The maximum absolute atomic E-state index is 12.4. The van der Waals surface area contributed by atoms with Crippen molar-refractivity contribution < 1.29 is 23.8 Å². The standard InChI is InChI=1S/C19H21N3O5/c23-18(8-6-16-7-9-19(27-16)22(24)25)20-17(15-4-2-1-3-5-15)14-21-10-12-26-13-11-21/h1-9,17H,10-14H2,(H,20,23)/p+1/b8-6+/t17-/m0/s1. The number of furan rings is 1. The predicted molar refractivity (Wildman–Crippen MR) is 98.1 cm³/mol. The van der Waals surface area contributed by atoms with Gasteiger partial charge in [0.15, 0.2) is 0 Å². The fourth-order valence-corrected chi connectivity index (χ4v) is 3.00. The van der Waals surface area contributed by atoms with Crippen LogP contribution in [-0.4, -0.2) is 43.7 Å². The SMILES string of the molecule is O=C(/C=C/c1ccc([N+](=O)[O-])o1)N[C@@H](C[NH+]1CCOCC1)c1ccccc1. The van der Waals surface area contributed by atoms with E-state index in [1.165, 1.54) is 29.2 Å². The van der Waals surface area contributed by atoms with Gasteiger partial charge in [-0.15, -0.1) is 0 Å². The van der Waals surface area contributed by atoms with Crippen LogP contribution in [0, 0.1) is 10.1 Å². The van der Waals surface area contributed by atoms with Crippen LogP contribution < -0.4 is 10.2 Å². The minimum absolute atomic E-state index is 0.137. The molecule has 8 nitrogen and oxygen atoms in total. The summed E-state index contributed by atoms with van der Waals surface area (Å²) in [5.74, 6) is -0.379. The van der Waals surface area contributed by atoms with Crippen molar-refractivity contribution >= 4 is 17.9 Å². The molecule has 1 amide bonds. The Morgan fingerprint density at radius 3 is 2.63 bits per heavy atom. The number of quaternary nitrogens is 1. The second kappa shape index (κ2) is 9.11. The first kappa shape index (κ1) is 18.8. The summed E-state index contributed by atoms with van der Waals surface area (Å²) in [5, 5.41) is 13.7. The second-order valence-electron chi connectivity index (χ2n) is 6.30. The minimum atomic E-state index is -0.617. The molecule has 1 saturated heterocycles. The molecule has 0 bridgehead atoms. The lowest BCUT2D eigenvalue weighted by Crippen LogP contribution is -3.14. The molecule has 27 heavy (non-hydrogen) atoms. The van der Waals surface area contributed by atoms with Gasteiger partial charge in [-0.05, 0) is 17.7 Å². The van der Waals surface area contributed by atoms with Crippen molar-refractivity contribution in [3.8, 4) is 0 Å². The Kier molecular flexibility index (Phi) is 6.35. The maximum atomic E-state index is 12.4. The fraction of sp³-hybridized carbons (Fsp3) is 0.316. The van der Waals surface area contributed by atoms with E-state index < -0.39 is 4.92 Å². The number of rotatable bonds is 7. The van der Waals surface area contributed by atoms with Crippen molar-refractivity contribution in [3.05, 3.63) is 70.0 Å². The Labute approximate surface area is 156 Å². The molecule has 0 radical (unpaired) electrons. The zero-order valence-electron chi connectivity index (χ0n) is 14.8. The Morgan fingerprint density at radius 1 is 1.22 bits per heavy atom. The van der Waals surface area contributed by atoms with Crippen molar-refractivity contribution in [1.29, 1.82) is 0 Å². The van der Waals surface area contributed by atoms with Crippen LogP contribution in [0.25, 0.3) is 6.08 Å². The van der Waals surface area contributed by atoms with Crippen molar-refractivity contribution in [2.24, 2.45) is 0 Å². The van der Waals surface area contributed by atoms with Crippen molar-refractivity contribution in [2.45, 2.75) is 6.04 Å². The Bertz CT molecular complexity index is 797. The van der Waals surface area contributed by atoms with Crippen molar-refractivity contribution in [2.75, 3.05) is 32.8 Å². The van der Waals surface area contributed by atoms with Crippen LogP contribution in [-0.2, 0) is 9.53 Å².